The van der Waals surface area contributed by atoms with Crippen LogP contribution < -0.4 is 0 Å². The molecule has 0 unspecified atom stereocenters. The third kappa shape index (κ3) is 0.554. The second-order valence-corrected chi connectivity index (χ2v) is 2.29. The SMILES string of the molecule is C=C(C)C1(CC)C#C1. The van der Waals surface area contributed by atoms with Gasteiger partial charge in [-0.2, -0.15) is 0 Å². The Bertz CT molecular complexity index is 168. The minimum absolute atomic E-state index is 0.0972. The average Bonchev–Trinajstić information content (AvgIpc) is 2.44. The van der Waals surface area contributed by atoms with Crippen LogP contribution in [0.1, 0.15) is 20.3 Å². The molecule has 0 amide bonds. The van der Waals surface area contributed by atoms with Crippen molar-refractivity contribution in [3.63, 3.8) is 0 Å². The second kappa shape index (κ2) is 1.39. The Kier molecular flexibility index (Phi) is 0.942. The molecule has 1 aliphatic rings. The van der Waals surface area contributed by atoms with Gasteiger partial charge in [0.1, 0.15) is 5.41 Å². The molecular weight excluding hydrogens is 96.1 g/mol. The minimum Gasteiger partial charge on any atom is -0.0977 e. The van der Waals surface area contributed by atoms with Crippen molar-refractivity contribution in [3.8, 4) is 11.8 Å². The monoisotopic (exact) mass is 106 g/mol. The first-order valence-corrected chi connectivity index (χ1v) is 2.91. The molecule has 0 saturated carbocycles. The quantitative estimate of drug-likeness (QED) is 0.373. The van der Waals surface area contributed by atoms with E-state index in [0.29, 0.717) is 0 Å². The number of allylic oxidation sites excluding steroid dienone is 1. The van der Waals surface area contributed by atoms with Gasteiger partial charge in [0.15, 0.2) is 0 Å². The molecule has 0 N–H and O–H groups in total. The molecule has 0 heterocycles. The van der Waals surface area contributed by atoms with Crippen molar-refractivity contribution < 1.29 is 0 Å². The summed E-state index contributed by atoms with van der Waals surface area (Å²) in [6.45, 7) is 7.99. The zero-order valence-electron chi connectivity index (χ0n) is 5.41. The Hall–Kier alpha value is -0.700. The highest BCUT2D eigenvalue weighted by Gasteiger charge is 2.32. The number of hydrogen-bond acceptors (Lipinski definition) is 0. The molecule has 0 fully saturated rings. The molecule has 0 nitrogen and oxygen atoms in total. The summed E-state index contributed by atoms with van der Waals surface area (Å²) in [6.07, 6.45) is 1.07. The summed E-state index contributed by atoms with van der Waals surface area (Å²) in [4.78, 5) is 0. The van der Waals surface area contributed by atoms with Gasteiger partial charge in [-0.05, 0) is 13.3 Å². The van der Waals surface area contributed by atoms with Crippen molar-refractivity contribution in [2.75, 3.05) is 0 Å². The second-order valence-electron chi connectivity index (χ2n) is 2.29. The van der Waals surface area contributed by atoms with Crippen LogP contribution in [0.25, 0.3) is 0 Å². The Labute approximate surface area is 50.6 Å². The van der Waals surface area contributed by atoms with Crippen LogP contribution in [-0.4, -0.2) is 0 Å². The van der Waals surface area contributed by atoms with Crippen LogP contribution in [0.4, 0.5) is 0 Å². The van der Waals surface area contributed by atoms with Gasteiger partial charge in [-0.15, -0.1) is 0 Å². The highest BCUT2D eigenvalue weighted by molar-refractivity contribution is 5.49. The fraction of sp³-hybridized carbons (Fsp3) is 0.500. The number of rotatable bonds is 2. The van der Waals surface area contributed by atoms with E-state index >= 15 is 0 Å². The van der Waals surface area contributed by atoms with Gasteiger partial charge in [0.25, 0.3) is 0 Å². The lowest BCUT2D eigenvalue weighted by molar-refractivity contribution is 0.666. The molecule has 0 radical (unpaired) electrons. The molecular formula is C8H10. The highest BCUT2D eigenvalue weighted by Crippen LogP contribution is 2.36. The summed E-state index contributed by atoms with van der Waals surface area (Å²) < 4.78 is 0. The number of hydrogen-bond donors (Lipinski definition) is 0. The van der Waals surface area contributed by atoms with Gasteiger partial charge >= 0.3 is 0 Å². The van der Waals surface area contributed by atoms with Crippen molar-refractivity contribution in [2.45, 2.75) is 20.3 Å². The predicted molar refractivity (Wildman–Crippen MR) is 35.3 cm³/mol. The molecule has 0 atom stereocenters. The average molecular weight is 106 g/mol. The van der Waals surface area contributed by atoms with Gasteiger partial charge < -0.3 is 0 Å². The fourth-order valence-corrected chi connectivity index (χ4v) is 0.767. The van der Waals surface area contributed by atoms with Crippen molar-refractivity contribution >= 4 is 0 Å². The first kappa shape index (κ1) is 5.44. The molecule has 0 saturated heterocycles. The van der Waals surface area contributed by atoms with Gasteiger partial charge in [0.2, 0.25) is 0 Å². The maximum absolute atomic E-state index is 3.84. The van der Waals surface area contributed by atoms with E-state index in [1.54, 1.807) is 0 Å². The summed E-state index contributed by atoms with van der Waals surface area (Å²) in [5.74, 6) is 6.09. The van der Waals surface area contributed by atoms with Crippen LogP contribution in [0.15, 0.2) is 12.2 Å². The molecule has 0 aromatic carbocycles. The zero-order valence-corrected chi connectivity index (χ0v) is 5.41. The van der Waals surface area contributed by atoms with E-state index in [-0.39, 0.29) is 5.41 Å². The molecule has 42 valence electrons. The van der Waals surface area contributed by atoms with Gasteiger partial charge in [-0.1, -0.05) is 30.9 Å². The van der Waals surface area contributed by atoms with Crippen LogP contribution >= 0.6 is 0 Å². The Morgan fingerprint density at radius 2 is 2.12 bits per heavy atom. The first-order chi connectivity index (χ1) is 3.71. The summed E-state index contributed by atoms with van der Waals surface area (Å²) in [5, 5.41) is 0. The molecule has 0 aromatic heterocycles. The lowest BCUT2D eigenvalue weighted by atomic mass is 9.92. The molecule has 1 rings (SSSR count). The van der Waals surface area contributed by atoms with Gasteiger partial charge in [0.05, 0.1) is 0 Å². The summed E-state index contributed by atoms with van der Waals surface area (Å²) >= 11 is 0. The van der Waals surface area contributed by atoms with E-state index in [4.69, 9.17) is 0 Å². The van der Waals surface area contributed by atoms with Crippen molar-refractivity contribution in [1.82, 2.24) is 0 Å². The van der Waals surface area contributed by atoms with Crippen molar-refractivity contribution in [2.24, 2.45) is 5.41 Å². The van der Waals surface area contributed by atoms with Crippen LogP contribution in [0.3, 0.4) is 0 Å². The smallest absolute Gasteiger partial charge is 0.0977 e. The topological polar surface area (TPSA) is 0 Å². The molecule has 0 heteroatoms. The maximum Gasteiger partial charge on any atom is 0.112 e. The van der Waals surface area contributed by atoms with E-state index in [1.807, 2.05) is 6.92 Å². The predicted octanol–water partition coefficient (Wildman–Crippen LogP) is 1.98. The molecule has 0 bridgehead atoms. The Balaban J connectivity index is 2.56. The van der Waals surface area contributed by atoms with Crippen LogP contribution in [-0.2, 0) is 0 Å². The van der Waals surface area contributed by atoms with Crippen LogP contribution in [0.5, 0.6) is 0 Å². The lowest BCUT2D eigenvalue weighted by Crippen LogP contribution is -2.02. The largest absolute Gasteiger partial charge is 0.112 e. The van der Waals surface area contributed by atoms with E-state index in [0.717, 1.165) is 6.42 Å². The highest BCUT2D eigenvalue weighted by atomic mass is 14.3. The first-order valence-electron chi connectivity index (χ1n) is 2.91. The van der Waals surface area contributed by atoms with Crippen molar-refractivity contribution in [1.29, 1.82) is 0 Å². The molecule has 0 spiro atoms. The molecule has 1 aliphatic carbocycles. The summed E-state index contributed by atoms with van der Waals surface area (Å²) in [7, 11) is 0. The lowest BCUT2D eigenvalue weighted by Gasteiger charge is -2.08. The molecule has 8 heavy (non-hydrogen) atoms. The Morgan fingerprint density at radius 1 is 1.62 bits per heavy atom. The van der Waals surface area contributed by atoms with Crippen LogP contribution in [0.2, 0.25) is 0 Å². The zero-order chi connectivity index (χ0) is 6.20. The molecule has 0 aromatic rings. The fourth-order valence-electron chi connectivity index (χ4n) is 0.767. The third-order valence-electron chi connectivity index (χ3n) is 1.69. The van der Waals surface area contributed by atoms with Gasteiger partial charge in [-0.25, -0.2) is 0 Å². The minimum atomic E-state index is 0.0972. The van der Waals surface area contributed by atoms with Gasteiger partial charge in [-0.3, -0.25) is 0 Å². The van der Waals surface area contributed by atoms with E-state index in [9.17, 15) is 0 Å². The third-order valence-corrected chi connectivity index (χ3v) is 1.69. The molecule has 0 aliphatic heterocycles. The summed E-state index contributed by atoms with van der Waals surface area (Å²) in [5.41, 5.74) is 1.26. The van der Waals surface area contributed by atoms with Crippen LogP contribution in [0, 0.1) is 17.3 Å². The van der Waals surface area contributed by atoms with Crippen molar-refractivity contribution in [3.05, 3.63) is 12.2 Å². The summed E-state index contributed by atoms with van der Waals surface area (Å²) in [6, 6.07) is 0. The standard InChI is InChI=1S/C8H10/c1-4-8(5-6-8)7(2)3/h2,4H2,1,3H3. The van der Waals surface area contributed by atoms with E-state index < -0.39 is 0 Å². The van der Waals surface area contributed by atoms with E-state index in [1.165, 1.54) is 5.57 Å². The van der Waals surface area contributed by atoms with Gasteiger partial charge in [0, 0.05) is 0 Å². The maximum atomic E-state index is 3.84. The Morgan fingerprint density at radius 3 is 2.12 bits per heavy atom. The normalized spacial score (nSPS) is 18.8. The van der Waals surface area contributed by atoms with E-state index in [2.05, 4.69) is 25.3 Å².